The number of nitrogens with zero attached hydrogens (tertiary/aromatic N) is 1. The molecule has 3 heteroatoms. The molecule has 0 radical (unpaired) electrons. The minimum absolute atomic E-state index is 0.783. The van der Waals surface area contributed by atoms with Gasteiger partial charge in [0, 0.05) is 0 Å². The molecular formula is C8H8ClNSe. The molecule has 1 heterocycles. The summed E-state index contributed by atoms with van der Waals surface area (Å²) in [6, 6.07) is 5.98. The van der Waals surface area contributed by atoms with Gasteiger partial charge in [-0.15, -0.1) is 0 Å². The van der Waals surface area contributed by atoms with Gasteiger partial charge in [0.15, 0.2) is 0 Å². The number of rotatable bonds is 0. The molecule has 0 spiro atoms. The summed E-state index contributed by atoms with van der Waals surface area (Å²) >= 11 is 4.93. The van der Waals surface area contributed by atoms with Crippen molar-refractivity contribution in [1.82, 2.24) is 0 Å². The second kappa shape index (κ2) is 2.63. The van der Waals surface area contributed by atoms with E-state index in [1.165, 1.54) is 4.46 Å². The molecule has 0 N–H and O–H groups in total. The van der Waals surface area contributed by atoms with Crippen molar-refractivity contribution in [2.45, 2.75) is 5.82 Å². The van der Waals surface area contributed by atoms with Crippen molar-refractivity contribution in [2.24, 2.45) is 4.99 Å². The summed E-state index contributed by atoms with van der Waals surface area (Å²) < 4.78 is 1.42. The Morgan fingerprint density at radius 2 is 2.27 bits per heavy atom. The zero-order valence-corrected chi connectivity index (χ0v) is 8.71. The molecule has 0 saturated heterocycles. The molecule has 1 aliphatic rings. The van der Waals surface area contributed by atoms with Crippen molar-refractivity contribution in [3.63, 3.8) is 0 Å². The van der Waals surface area contributed by atoms with Crippen LogP contribution in [0.1, 0.15) is 0 Å². The van der Waals surface area contributed by atoms with Gasteiger partial charge in [0.2, 0.25) is 0 Å². The first-order valence-electron chi connectivity index (χ1n) is 3.34. The summed E-state index contributed by atoms with van der Waals surface area (Å²) in [5.41, 5.74) is 1.08. The minimum atomic E-state index is -0.881. The van der Waals surface area contributed by atoms with Crippen LogP contribution in [0.15, 0.2) is 23.2 Å². The molecule has 1 unspecified atom stereocenters. The van der Waals surface area contributed by atoms with Crippen LogP contribution in [0, 0.1) is 0 Å². The molecule has 2 rings (SSSR count). The number of benzene rings is 1. The molecule has 0 fully saturated rings. The summed E-state index contributed by atoms with van der Waals surface area (Å²) in [6.07, 6.45) is 0. The predicted molar refractivity (Wildman–Crippen MR) is 52.3 cm³/mol. The van der Waals surface area contributed by atoms with Gasteiger partial charge in [0.05, 0.1) is 0 Å². The average Bonchev–Trinajstić information content (AvgIpc) is 2.32. The SMILES string of the molecule is C[SeH]1C=Nc2cc(Cl)ccc21. The zero-order chi connectivity index (χ0) is 7.84. The fourth-order valence-corrected chi connectivity index (χ4v) is 3.83. The Kier molecular flexibility index (Phi) is 1.76. The third-order valence-corrected chi connectivity index (χ3v) is 5.28. The third kappa shape index (κ3) is 1.22. The van der Waals surface area contributed by atoms with Gasteiger partial charge < -0.3 is 0 Å². The number of hydrogen-bond donors (Lipinski definition) is 0. The third-order valence-electron chi connectivity index (χ3n) is 1.69. The fourth-order valence-electron chi connectivity index (χ4n) is 1.11. The van der Waals surface area contributed by atoms with E-state index in [-0.39, 0.29) is 0 Å². The summed E-state index contributed by atoms with van der Waals surface area (Å²) in [7, 11) is 0. The van der Waals surface area contributed by atoms with Crippen LogP contribution in [0.5, 0.6) is 0 Å². The molecule has 0 aliphatic carbocycles. The monoisotopic (exact) mass is 233 g/mol. The van der Waals surface area contributed by atoms with Gasteiger partial charge in [-0.25, -0.2) is 0 Å². The van der Waals surface area contributed by atoms with Gasteiger partial charge >= 0.3 is 74.8 Å². The quantitative estimate of drug-likeness (QED) is 0.604. The maximum absolute atomic E-state index is 5.81. The molecule has 1 atom stereocenters. The van der Waals surface area contributed by atoms with Crippen LogP contribution < -0.4 is 4.46 Å². The molecule has 11 heavy (non-hydrogen) atoms. The van der Waals surface area contributed by atoms with E-state index in [2.05, 4.69) is 22.0 Å². The van der Waals surface area contributed by atoms with E-state index in [4.69, 9.17) is 11.6 Å². The maximum atomic E-state index is 5.81. The van der Waals surface area contributed by atoms with Gasteiger partial charge in [-0.2, -0.15) is 0 Å². The molecule has 0 saturated carbocycles. The molecule has 0 amide bonds. The van der Waals surface area contributed by atoms with E-state index in [1.807, 2.05) is 12.1 Å². The molecule has 1 aliphatic heterocycles. The van der Waals surface area contributed by atoms with Crippen molar-refractivity contribution >= 4 is 40.8 Å². The summed E-state index contributed by atoms with van der Waals surface area (Å²) in [4.78, 5) is 4.30. The van der Waals surface area contributed by atoms with Crippen molar-refractivity contribution in [1.29, 1.82) is 0 Å². The Morgan fingerprint density at radius 1 is 1.45 bits per heavy atom. The number of halogens is 1. The van der Waals surface area contributed by atoms with E-state index < -0.39 is 13.9 Å². The standard InChI is InChI=1S/C8H8ClNSe/c1-11-5-10-7-4-6(9)2-3-8(7)11/h2-5,11H,1H3. The number of fused-ring (bicyclic) bond motifs is 1. The fraction of sp³-hybridized carbons (Fsp3) is 0.125. The second-order valence-electron chi connectivity index (χ2n) is 2.49. The Morgan fingerprint density at radius 3 is 3.09 bits per heavy atom. The topological polar surface area (TPSA) is 12.4 Å². The van der Waals surface area contributed by atoms with E-state index in [0.717, 1.165) is 10.7 Å². The van der Waals surface area contributed by atoms with Gasteiger partial charge in [0.1, 0.15) is 0 Å². The molecule has 0 bridgehead atoms. The van der Waals surface area contributed by atoms with E-state index in [9.17, 15) is 0 Å². The van der Waals surface area contributed by atoms with E-state index in [1.54, 1.807) is 0 Å². The zero-order valence-electron chi connectivity index (χ0n) is 6.08. The van der Waals surface area contributed by atoms with Crippen LogP contribution in [0.4, 0.5) is 5.69 Å². The molecule has 1 nitrogen and oxygen atoms in total. The van der Waals surface area contributed by atoms with Gasteiger partial charge in [0.25, 0.3) is 0 Å². The van der Waals surface area contributed by atoms with Crippen molar-refractivity contribution in [2.75, 3.05) is 0 Å². The Labute approximate surface area is 75.0 Å². The van der Waals surface area contributed by atoms with Gasteiger partial charge in [-0.05, 0) is 0 Å². The van der Waals surface area contributed by atoms with Crippen LogP contribution in [0.3, 0.4) is 0 Å². The van der Waals surface area contributed by atoms with Gasteiger partial charge in [-0.1, -0.05) is 0 Å². The number of hydrogen-bond acceptors (Lipinski definition) is 1. The normalized spacial score (nSPS) is 23.6. The summed E-state index contributed by atoms with van der Waals surface area (Å²) in [5, 5.41) is 2.87. The Hall–Kier alpha value is -0.301. The van der Waals surface area contributed by atoms with Crippen LogP contribution in [-0.4, -0.2) is 19.0 Å². The summed E-state index contributed by atoms with van der Waals surface area (Å²) in [6.45, 7) is 0. The second-order valence-corrected chi connectivity index (χ2v) is 6.98. The van der Waals surface area contributed by atoms with E-state index >= 15 is 0 Å². The molecule has 1 aromatic rings. The Balaban J connectivity index is 2.58. The molecule has 1 aromatic carbocycles. The molecular weight excluding hydrogens is 225 g/mol. The average molecular weight is 233 g/mol. The first kappa shape index (κ1) is 7.35. The van der Waals surface area contributed by atoms with E-state index in [0.29, 0.717) is 0 Å². The number of aliphatic imine (C=N–C) groups is 1. The Bertz CT molecular complexity index is 322. The summed E-state index contributed by atoms with van der Waals surface area (Å²) in [5.74, 6) is 2.27. The van der Waals surface area contributed by atoms with Crippen LogP contribution in [-0.2, 0) is 0 Å². The molecule has 0 aromatic heterocycles. The predicted octanol–water partition coefficient (Wildman–Crippen LogP) is 1.66. The van der Waals surface area contributed by atoms with Crippen LogP contribution in [0.2, 0.25) is 10.8 Å². The van der Waals surface area contributed by atoms with Gasteiger partial charge in [-0.3, -0.25) is 0 Å². The van der Waals surface area contributed by atoms with Crippen LogP contribution >= 0.6 is 11.6 Å². The van der Waals surface area contributed by atoms with Crippen LogP contribution in [0.25, 0.3) is 0 Å². The first-order chi connectivity index (χ1) is 5.27. The van der Waals surface area contributed by atoms with Crippen molar-refractivity contribution in [3.05, 3.63) is 23.2 Å². The van der Waals surface area contributed by atoms with Crippen molar-refractivity contribution in [3.8, 4) is 0 Å². The molecule has 58 valence electrons. The van der Waals surface area contributed by atoms with Crippen molar-refractivity contribution < 1.29 is 0 Å². The first-order valence-corrected chi connectivity index (χ1v) is 7.61.